The van der Waals surface area contributed by atoms with Crippen molar-refractivity contribution in [1.82, 2.24) is 5.16 Å². The van der Waals surface area contributed by atoms with Gasteiger partial charge in [0.1, 0.15) is 18.1 Å². The minimum absolute atomic E-state index is 0.0373. The third-order valence-electron chi connectivity index (χ3n) is 4.05. The van der Waals surface area contributed by atoms with Crippen molar-refractivity contribution in [2.45, 2.75) is 26.2 Å². The van der Waals surface area contributed by atoms with E-state index in [-0.39, 0.29) is 5.91 Å². The van der Waals surface area contributed by atoms with E-state index < -0.39 is 0 Å². The Hall–Kier alpha value is -2.73. The third-order valence-corrected chi connectivity index (χ3v) is 5.01. The van der Waals surface area contributed by atoms with E-state index in [1.165, 1.54) is 11.8 Å². The molecule has 1 aromatic heterocycles. The first kappa shape index (κ1) is 19.0. The Morgan fingerprint density at radius 3 is 2.52 bits per heavy atom. The molecule has 0 saturated carbocycles. The largest absolute Gasteiger partial charge is 0.489 e. The highest BCUT2D eigenvalue weighted by Gasteiger charge is 2.10. The molecule has 5 nitrogen and oxygen atoms in total. The number of nitrogens with zero attached hydrogens (tertiary/aromatic N) is 1. The molecule has 0 bridgehead atoms. The van der Waals surface area contributed by atoms with Gasteiger partial charge in [0.25, 0.3) is 0 Å². The Morgan fingerprint density at radius 1 is 1.11 bits per heavy atom. The molecule has 0 aliphatic heterocycles. The number of benzene rings is 2. The van der Waals surface area contributed by atoms with Crippen molar-refractivity contribution in [3.63, 3.8) is 0 Å². The van der Waals surface area contributed by atoms with Crippen LogP contribution in [0, 0.1) is 13.8 Å². The second-order valence-corrected chi connectivity index (χ2v) is 7.13. The third kappa shape index (κ3) is 5.62. The fraction of sp³-hybridized carbons (Fsp3) is 0.238. The first-order chi connectivity index (χ1) is 13.1. The number of hydrogen-bond donors (Lipinski definition) is 1. The number of carbonyl (C=O) groups is 1. The van der Waals surface area contributed by atoms with Gasteiger partial charge in [-0.25, -0.2) is 0 Å². The van der Waals surface area contributed by atoms with Gasteiger partial charge < -0.3 is 14.6 Å². The molecule has 0 aliphatic rings. The SMILES string of the molecule is Cc1noc(C)c1CSCC(=O)Nc1ccc(OCc2ccccc2)cc1. The number of anilines is 1. The summed E-state index contributed by atoms with van der Waals surface area (Å²) in [6.07, 6.45) is 0. The number of ether oxygens (including phenoxy) is 1. The molecule has 0 unspecified atom stereocenters. The number of hydrogen-bond acceptors (Lipinski definition) is 5. The van der Waals surface area contributed by atoms with Gasteiger partial charge in [0.05, 0.1) is 11.4 Å². The quantitative estimate of drug-likeness (QED) is 0.609. The van der Waals surface area contributed by atoms with Crippen LogP contribution in [0.3, 0.4) is 0 Å². The summed E-state index contributed by atoms with van der Waals surface area (Å²) in [5.74, 6) is 2.62. The highest BCUT2D eigenvalue weighted by atomic mass is 32.2. The monoisotopic (exact) mass is 382 g/mol. The lowest BCUT2D eigenvalue weighted by atomic mass is 10.2. The average molecular weight is 382 g/mol. The predicted octanol–water partition coefficient (Wildman–Crippen LogP) is 4.74. The van der Waals surface area contributed by atoms with Crippen LogP contribution in [0.15, 0.2) is 59.1 Å². The molecule has 0 spiro atoms. The molecular weight excluding hydrogens is 360 g/mol. The second-order valence-electron chi connectivity index (χ2n) is 6.14. The van der Waals surface area contributed by atoms with Crippen molar-refractivity contribution in [1.29, 1.82) is 0 Å². The molecule has 140 valence electrons. The summed E-state index contributed by atoms with van der Waals surface area (Å²) < 4.78 is 10.9. The zero-order chi connectivity index (χ0) is 19.1. The van der Waals surface area contributed by atoms with Crippen LogP contribution in [0.2, 0.25) is 0 Å². The molecular formula is C21H22N2O3S. The first-order valence-corrected chi connectivity index (χ1v) is 9.83. The normalized spacial score (nSPS) is 10.6. The molecule has 0 saturated heterocycles. The standard InChI is InChI=1S/C21H22N2O3S/c1-15-20(16(2)26-23-15)13-27-14-21(24)22-18-8-10-19(11-9-18)25-12-17-6-4-3-5-7-17/h3-11H,12-14H2,1-2H3,(H,22,24). The van der Waals surface area contributed by atoms with E-state index in [4.69, 9.17) is 9.26 Å². The van der Waals surface area contributed by atoms with Gasteiger partial charge in [-0.05, 0) is 43.7 Å². The Kier molecular flexibility index (Phi) is 6.54. The van der Waals surface area contributed by atoms with E-state index in [2.05, 4.69) is 10.5 Å². The average Bonchev–Trinajstić information content (AvgIpc) is 3.00. The summed E-state index contributed by atoms with van der Waals surface area (Å²) in [4.78, 5) is 12.1. The number of thioether (sulfide) groups is 1. The van der Waals surface area contributed by atoms with Gasteiger partial charge in [-0.15, -0.1) is 11.8 Å². The first-order valence-electron chi connectivity index (χ1n) is 8.68. The Balaban J connectivity index is 1.43. The molecule has 3 aromatic rings. The number of carbonyl (C=O) groups excluding carboxylic acids is 1. The van der Waals surface area contributed by atoms with Gasteiger partial charge in [-0.3, -0.25) is 4.79 Å². The molecule has 1 amide bonds. The zero-order valence-electron chi connectivity index (χ0n) is 15.4. The topological polar surface area (TPSA) is 64.4 Å². The van der Waals surface area contributed by atoms with Gasteiger partial charge >= 0.3 is 0 Å². The van der Waals surface area contributed by atoms with E-state index in [0.717, 1.165) is 34.0 Å². The Labute approximate surface area is 163 Å². The summed E-state index contributed by atoms with van der Waals surface area (Å²) in [5, 5.41) is 6.82. The fourth-order valence-electron chi connectivity index (χ4n) is 2.53. The number of nitrogens with one attached hydrogen (secondary N) is 1. The molecule has 2 aromatic carbocycles. The van der Waals surface area contributed by atoms with E-state index >= 15 is 0 Å². The summed E-state index contributed by atoms with van der Waals surface area (Å²) in [7, 11) is 0. The molecule has 0 aliphatic carbocycles. The molecule has 0 radical (unpaired) electrons. The van der Waals surface area contributed by atoms with Gasteiger partial charge in [0, 0.05) is 17.0 Å². The highest BCUT2D eigenvalue weighted by molar-refractivity contribution is 7.99. The molecule has 3 rings (SSSR count). The van der Waals surface area contributed by atoms with Crippen LogP contribution in [0.25, 0.3) is 0 Å². The maximum atomic E-state index is 12.1. The number of rotatable bonds is 8. The summed E-state index contributed by atoms with van der Waals surface area (Å²) in [6, 6.07) is 17.4. The minimum Gasteiger partial charge on any atom is -0.489 e. The lowest BCUT2D eigenvalue weighted by Gasteiger charge is -2.08. The molecule has 1 N–H and O–H groups in total. The van der Waals surface area contributed by atoms with Crippen LogP contribution in [-0.2, 0) is 17.2 Å². The number of amides is 1. The van der Waals surface area contributed by atoms with Gasteiger partial charge in [0.2, 0.25) is 5.91 Å². The van der Waals surface area contributed by atoms with Crippen LogP contribution in [-0.4, -0.2) is 16.8 Å². The smallest absolute Gasteiger partial charge is 0.234 e. The van der Waals surface area contributed by atoms with Crippen molar-refractivity contribution >= 4 is 23.4 Å². The summed E-state index contributed by atoms with van der Waals surface area (Å²) >= 11 is 1.54. The predicted molar refractivity (Wildman–Crippen MR) is 108 cm³/mol. The van der Waals surface area contributed by atoms with Crippen LogP contribution < -0.4 is 10.1 Å². The van der Waals surface area contributed by atoms with Crippen LogP contribution >= 0.6 is 11.8 Å². The maximum Gasteiger partial charge on any atom is 0.234 e. The van der Waals surface area contributed by atoms with Gasteiger partial charge in [0.15, 0.2) is 0 Å². The molecule has 0 fully saturated rings. The van der Waals surface area contributed by atoms with E-state index in [1.54, 1.807) is 0 Å². The van der Waals surface area contributed by atoms with Crippen LogP contribution in [0.5, 0.6) is 5.75 Å². The van der Waals surface area contributed by atoms with Crippen LogP contribution in [0.1, 0.15) is 22.6 Å². The van der Waals surface area contributed by atoms with E-state index in [0.29, 0.717) is 18.1 Å². The Bertz CT molecular complexity index is 857. The highest BCUT2D eigenvalue weighted by Crippen LogP contribution is 2.20. The van der Waals surface area contributed by atoms with Crippen molar-refractivity contribution in [2.75, 3.05) is 11.1 Å². The zero-order valence-corrected chi connectivity index (χ0v) is 16.2. The maximum absolute atomic E-state index is 12.1. The minimum atomic E-state index is -0.0373. The molecule has 27 heavy (non-hydrogen) atoms. The lowest BCUT2D eigenvalue weighted by molar-refractivity contribution is -0.113. The summed E-state index contributed by atoms with van der Waals surface area (Å²) in [6.45, 7) is 4.32. The van der Waals surface area contributed by atoms with Gasteiger partial charge in [-0.2, -0.15) is 0 Å². The van der Waals surface area contributed by atoms with E-state index in [9.17, 15) is 4.79 Å². The molecule has 1 heterocycles. The lowest BCUT2D eigenvalue weighted by Crippen LogP contribution is -2.14. The van der Waals surface area contributed by atoms with Crippen molar-refractivity contribution < 1.29 is 14.1 Å². The van der Waals surface area contributed by atoms with Crippen molar-refractivity contribution in [3.8, 4) is 5.75 Å². The number of aromatic nitrogens is 1. The number of aryl methyl sites for hydroxylation is 2. The molecule has 0 atom stereocenters. The molecule has 6 heteroatoms. The second kappa shape index (κ2) is 9.28. The Morgan fingerprint density at radius 2 is 1.85 bits per heavy atom. The van der Waals surface area contributed by atoms with Gasteiger partial charge in [-0.1, -0.05) is 35.5 Å². The van der Waals surface area contributed by atoms with E-state index in [1.807, 2.05) is 68.4 Å². The van der Waals surface area contributed by atoms with Crippen molar-refractivity contribution in [3.05, 3.63) is 77.2 Å². The van der Waals surface area contributed by atoms with Crippen molar-refractivity contribution in [2.24, 2.45) is 0 Å². The summed E-state index contributed by atoms with van der Waals surface area (Å²) in [5.41, 5.74) is 3.81. The van der Waals surface area contributed by atoms with Crippen LogP contribution in [0.4, 0.5) is 5.69 Å². The fourth-order valence-corrected chi connectivity index (χ4v) is 3.50.